The number of benzene rings is 1. The van der Waals surface area contributed by atoms with Gasteiger partial charge in [0.05, 0.1) is 4.90 Å². The Kier molecular flexibility index (Phi) is 3.38. The molecule has 1 N–H and O–H groups in total. The van der Waals surface area contributed by atoms with Crippen molar-refractivity contribution in [2.75, 3.05) is 0 Å². The third kappa shape index (κ3) is 2.88. The summed E-state index contributed by atoms with van der Waals surface area (Å²) in [5, 5.41) is 0. The SMILES string of the molecule is Cc1ccc(S(=O)(=O)NS(=O)[O-])cc1. The van der Waals surface area contributed by atoms with Crippen LogP contribution in [0, 0.1) is 6.92 Å². The molecule has 0 fully saturated rings. The van der Waals surface area contributed by atoms with Gasteiger partial charge in [-0.25, -0.2) is 8.42 Å². The average molecular weight is 234 g/mol. The first-order valence-corrected chi connectivity index (χ1v) is 6.16. The second kappa shape index (κ2) is 4.18. The standard InChI is InChI=1S/C7H9NO4S2/c1-6-2-4-7(5-3-6)14(11,12)8-13(9)10/h2-5,8H,1H3,(H,9,10)/p-1. The number of nitrogens with one attached hydrogen (secondary N) is 1. The second-order valence-electron chi connectivity index (χ2n) is 2.63. The van der Waals surface area contributed by atoms with E-state index in [1.807, 2.05) is 0 Å². The van der Waals surface area contributed by atoms with Gasteiger partial charge in [0.15, 0.2) is 0 Å². The third-order valence-electron chi connectivity index (χ3n) is 1.51. The molecule has 0 spiro atoms. The van der Waals surface area contributed by atoms with Crippen LogP contribution in [0.15, 0.2) is 29.2 Å². The summed E-state index contributed by atoms with van der Waals surface area (Å²) in [5.74, 6) is 0. The highest BCUT2D eigenvalue weighted by Gasteiger charge is 2.12. The van der Waals surface area contributed by atoms with Crippen LogP contribution in [0.2, 0.25) is 0 Å². The molecule has 0 aliphatic carbocycles. The van der Waals surface area contributed by atoms with E-state index >= 15 is 0 Å². The lowest BCUT2D eigenvalue weighted by Crippen LogP contribution is -2.25. The molecule has 1 rings (SSSR count). The summed E-state index contributed by atoms with van der Waals surface area (Å²) in [6, 6.07) is 5.85. The van der Waals surface area contributed by atoms with E-state index < -0.39 is 21.3 Å². The van der Waals surface area contributed by atoms with Crippen molar-refractivity contribution in [3.63, 3.8) is 0 Å². The molecule has 0 amide bonds. The maximum absolute atomic E-state index is 11.2. The van der Waals surface area contributed by atoms with E-state index in [1.165, 1.54) is 16.3 Å². The molecule has 78 valence electrons. The Morgan fingerprint density at radius 2 is 1.79 bits per heavy atom. The van der Waals surface area contributed by atoms with Crippen molar-refractivity contribution in [2.24, 2.45) is 0 Å². The Morgan fingerprint density at radius 1 is 1.29 bits per heavy atom. The monoisotopic (exact) mass is 234 g/mol. The molecule has 0 saturated heterocycles. The first-order chi connectivity index (χ1) is 6.42. The molecular formula is C7H8NO4S2-. The van der Waals surface area contributed by atoms with E-state index in [0.29, 0.717) is 0 Å². The average Bonchev–Trinajstić information content (AvgIpc) is 2.02. The predicted molar refractivity (Wildman–Crippen MR) is 50.4 cm³/mol. The van der Waals surface area contributed by atoms with Crippen LogP contribution in [0.1, 0.15) is 5.56 Å². The quantitative estimate of drug-likeness (QED) is 0.750. The minimum absolute atomic E-state index is 0.0766. The lowest BCUT2D eigenvalue weighted by atomic mass is 10.2. The fourth-order valence-electron chi connectivity index (χ4n) is 0.855. The molecule has 0 aliphatic rings. The van der Waals surface area contributed by atoms with Crippen LogP contribution in [-0.2, 0) is 21.3 Å². The van der Waals surface area contributed by atoms with Gasteiger partial charge in [-0.1, -0.05) is 17.7 Å². The van der Waals surface area contributed by atoms with E-state index in [9.17, 15) is 17.2 Å². The van der Waals surface area contributed by atoms with E-state index in [2.05, 4.69) is 0 Å². The van der Waals surface area contributed by atoms with Crippen LogP contribution in [-0.4, -0.2) is 17.2 Å². The van der Waals surface area contributed by atoms with E-state index in [1.54, 1.807) is 19.1 Å². The minimum Gasteiger partial charge on any atom is -0.759 e. The molecule has 1 aromatic carbocycles. The van der Waals surface area contributed by atoms with Gasteiger partial charge in [0.2, 0.25) is 0 Å². The highest BCUT2D eigenvalue weighted by Crippen LogP contribution is 2.09. The third-order valence-corrected chi connectivity index (χ3v) is 3.82. The van der Waals surface area contributed by atoms with Crippen LogP contribution >= 0.6 is 0 Å². The largest absolute Gasteiger partial charge is 0.759 e. The van der Waals surface area contributed by atoms with E-state index in [-0.39, 0.29) is 4.90 Å². The van der Waals surface area contributed by atoms with Gasteiger partial charge in [-0.2, -0.15) is 0 Å². The number of sulfonamides is 1. The molecule has 5 nitrogen and oxygen atoms in total. The zero-order chi connectivity index (χ0) is 10.8. The first-order valence-electron chi connectivity index (χ1n) is 3.60. The lowest BCUT2D eigenvalue weighted by molar-refractivity contribution is 0.530. The fourth-order valence-corrected chi connectivity index (χ4v) is 2.45. The van der Waals surface area contributed by atoms with Crippen LogP contribution in [0.5, 0.6) is 0 Å². The predicted octanol–water partition coefficient (Wildman–Crippen LogP) is 0.0674. The molecule has 0 saturated carbocycles. The van der Waals surface area contributed by atoms with Crippen molar-refractivity contribution < 1.29 is 17.2 Å². The number of hydrogen-bond acceptors (Lipinski definition) is 4. The van der Waals surface area contributed by atoms with E-state index in [4.69, 9.17) is 0 Å². The number of hydrogen-bond donors (Lipinski definition) is 1. The second-order valence-corrected chi connectivity index (χ2v) is 5.25. The van der Waals surface area contributed by atoms with Crippen molar-refractivity contribution in [2.45, 2.75) is 11.8 Å². The van der Waals surface area contributed by atoms with Crippen LogP contribution in [0.4, 0.5) is 0 Å². The molecule has 0 heterocycles. The summed E-state index contributed by atoms with van der Waals surface area (Å²) < 4.78 is 44.3. The summed E-state index contributed by atoms with van der Waals surface area (Å²) in [5.41, 5.74) is 0.896. The van der Waals surface area contributed by atoms with Gasteiger partial charge in [-0.3, -0.25) is 4.21 Å². The summed E-state index contributed by atoms with van der Waals surface area (Å²) in [7, 11) is -3.94. The Labute approximate surface area is 84.6 Å². The molecule has 1 aromatic rings. The van der Waals surface area contributed by atoms with Gasteiger partial charge in [-0.05, 0) is 19.1 Å². The fraction of sp³-hybridized carbons (Fsp3) is 0.143. The van der Waals surface area contributed by atoms with Crippen molar-refractivity contribution in [1.82, 2.24) is 4.13 Å². The zero-order valence-corrected chi connectivity index (χ0v) is 8.89. The van der Waals surface area contributed by atoms with Gasteiger partial charge < -0.3 is 4.55 Å². The van der Waals surface area contributed by atoms with Crippen molar-refractivity contribution in [3.8, 4) is 0 Å². The van der Waals surface area contributed by atoms with Gasteiger partial charge in [-0.15, -0.1) is 4.13 Å². The summed E-state index contributed by atoms with van der Waals surface area (Å²) >= 11 is -2.83. The molecule has 14 heavy (non-hydrogen) atoms. The molecule has 7 heteroatoms. The van der Waals surface area contributed by atoms with Crippen molar-refractivity contribution in [1.29, 1.82) is 0 Å². The Balaban J connectivity index is 3.05. The maximum Gasteiger partial charge on any atom is 0.250 e. The summed E-state index contributed by atoms with van der Waals surface area (Å²) in [6.07, 6.45) is 0. The Morgan fingerprint density at radius 3 is 2.21 bits per heavy atom. The van der Waals surface area contributed by atoms with Crippen molar-refractivity contribution in [3.05, 3.63) is 29.8 Å². The Bertz CT molecular complexity index is 437. The smallest absolute Gasteiger partial charge is 0.250 e. The van der Waals surface area contributed by atoms with Gasteiger partial charge in [0.1, 0.15) is 0 Å². The highest BCUT2D eigenvalue weighted by molar-refractivity contribution is 8.00. The van der Waals surface area contributed by atoms with E-state index in [0.717, 1.165) is 5.56 Å². The Hall–Kier alpha value is -0.760. The normalized spacial score (nSPS) is 13.9. The first kappa shape index (κ1) is 11.3. The zero-order valence-electron chi connectivity index (χ0n) is 7.26. The molecular weight excluding hydrogens is 226 g/mol. The molecule has 0 bridgehead atoms. The van der Waals surface area contributed by atoms with Crippen LogP contribution < -0.4 is 4.13 Å². The highest BCUT2D eigenvalue weighted by atomic mass is 32.3. The summed E-state index contributed by atoms with van der Waals surface area (Å²) in [4.78, 5) is -0.0766. The molecule has 1 unspecified atom stereocenters. The number of rotatable bonds is 3. The van der Waals surface area contributed by atoms with Crippen LogP contribution in [0.3, 0.4) is 0 Å². The molecule has 0 aliphatic heterocycles. The maximum atomic E-state index is 11.2. The molecule has 0 radical (unpaired) electrons. The minimum atomic E-state index is -3.94. The lowest BCUT2D eigenvalue weighted by Gasteiger charge is -2.08. The van der Waals surface area contributed by atoms with Gasteiger partial charge in [0.25, 0.3) is 10.0 Å². The molecule has 1 atom stereocenters. The topological polar surface area (TPSA) is 86.3 Å². The van der Waals surface area contributed by atoms with Gasteiger partial charge >= 0.3 is 0 Å². The van der Waals surface area contributed by atoms with Crippen molar-refractivity contribution >= 4 is 21.3 Å². The summed E-state index contributed by atoms with van der Waals surface area (Å²) in [6.45, 7) is 1.80. The van der Waals surface area contributed by atoms with Crippen LogP contribution in [0.25, 0.3) is 0 Å². The number of aryl methyl sites for hydroxylation is 1. The van der Waals surface area contributed by atoms with Gasteiger partial charge in [0, 0.05) is 11.3 Å². The molecule has 0 aromatic heterocycles.